The molecule has 1 saturated carbocycles. The molecule has 0 aromatic rings. The average molecular weight is 220 g/mol. The molecule has 2 rings (SSSR count). The number of fused-ring (bicyclic) bond motifs is 1. The predicted molar refractivity (Wildman–Crippen MR) is 68.2 cm³/mol. The van der Waals surface area contributed by atoms with Gasteiger partial charge in [-0.1, -0.05) is 30.2 Å². The van der Waals surface area contributed by atoms with E-state index >= 15 is 0 Å². The van der Waals surface area contributed by atoms with Crippen LogP contribution in [-0.2, 0) is 0 Å². The lowest BCUT2D eigenvalue weighted by Crippen LogP contribution is -2.39. The maximum Gasteiger partial charge on any atom is 0.0616 e. The molecule has 0 aromatic carbocycles. The van der Waals surface area contributed by atoms with Crippen LogP contribution in [-0.4, -0.2) is 11.2 Å². The minimum Gasteiger partial charge on any atom is -0.392 e. The Hall–Kier alpha value is -0.560. The first-order chi connectivity index (χ1) is 7.44. The summed E-state index contributed by atoms with van der Waals surface area (Å²) in [5, 5.41) is 10.2. The lowest BCUT2D eigenvalue weighted by molar-refractivity contribution is 0.0456. The highest BCUT2D eigenvalue weighted by atomic mass is 16.3. The van der Waals surface area contributed by atoms with Crippen LogP contribution in [0.2, 0.25) is 0 Å². The van der Waals surface area contributed by atoms with Gasteiger partial charge in [0, 0.05) is 5.92 Å². The third-order valence-electron chi connectivity index (χ3n) is 4.71. The molecule has 1 unspecified atom stereocenters. The van der Waals surface area contributed by atoms with Crippen molar-refractivity contribution in [3.05, 3.63) is 23.3 Å². The Bertz CT molecular complexity index is 339. The molecule has 0 amide bonds. The number of hydrogen-bond acceptors (Lipinski definition) is 1. The van der Waals surface area contributed by atoms with E-state index in [0.29, 0.717) is 0 Å². The molecule has 0 bridgehead atoms. The Kier molecular flexibility index (Phi) is 3.00. The van der Waals surface area contributed by atoms with Gasteiger partial charge in [0.1, 0.15) is 0 Å². The fraction of sp³-hybridized carbons (Fsp3) is 0.733. The van der Waals surface area contributed by atoms with E-state index < -0.39 is 0 Å². The van der Waals surface area contributed by atoms with Gasteiger partial charge in [0.15, 0.2) is 0 Å². The SMILES string of the molecule is C=C(C)C1CC2=C(C)CCC[C@@]2(C)C[C@@H]1O. The highest BCUT2D eigenvalue weighted by Crippen LogP contribution is 2.51. The molecule has 16 heavy (non-hydrogen) atoms. The minimum atomic E-state index is -0.183. The van der Waals surface area contributed by atoms with Crippen molar-refractivity contribution in [2.24, 2.45) is 11.3 Å². The number of aliphatic hydroxyl groups is 1. The second-order valence-electron chi connectivity index (χ2n) is 6.10. The molecular formula is C15H24O. The zero-order valence-electron chi connectivity index (χ0n) is 10.8. The normalized spacial score (nSPS) is 39.5. The topological polar surface area (TPSA) is 20.2 Å². The van der Waals surface area contributed by atoms with E-state index in [1.807, 2.05) is 0 Å². The highest BCUT2D eigenvalue weighted by Gasteiger charge is 2.42. The van der Waals surface area contributed by atoms with E-state index in [1.54, 1.807) is 11.1 Å². The van der Waals surface area contributed by atoms with Crippen molar-refractivity contribution < 1.29 is 5.11 Å². The molecule has 90 valence electrons. The zero-order chi connectivity index (χ0) is 11.9. The minimum absolute atomic E-state index is 0.183. The van der Waals surface area contributed by atoms with Gasteiger partial charge in [-0.2, -0.15) is 0 Å². The number of aliphatic hydroxyl groups excluding tert-OH is 1. The van der Waals surface area contributed by atoms with Gasteiger partial charge in [0.25, 0.3) is 0 Å². The molecule has 0 aromatic heterocycles. The summed E-state index contributed by atoms with van der Waals surface area (Å²) in [4.78, 5) is 0. The fourth-order valence-electron chi connectivity index (χ4n) is 3.67. The van der Waals surface area contributed by atoms with E-state index in [9.17, 15) is 5.11 Å². The first kappa shape index (κ1) is 11.9. The van der Waals surface area contributed by atoms with Crippen molar-refractivity contribution in [1.29, 1.82) is 0 Å². The first-order valence-electron chi connectivity index (χ1n) is 6.46. The summed E-state index contributed by atoms with van der Waals surface area (Å²) in [5.41, 5.74) is 4.61. The monoisotopic (exact) mass is 220 g/mol. The van der Waals surface area contributed by atoms with Gasteiger partial charge in [0.2, 0.25) is 0 Å². The van der Waals surface area contributed by atoms with E-state index in [4.69, 9.17) is 0 Å². The van der Waals surface area contributed by atoms with Gasteiger partial charge in [-0.05, 0) is 51.4 Å². The second kappa shape index (κ2) is 4.03. The van der Waals surface area contributed by atoms with Gasteiger partial charge in [-0.3, -0.25) is 0 Å². The molecule has 2 aliphatic rings. The quantitative estimate of drug-likeness (QED) is 0.666. The van der Waals surface area contributed by atoms with E-state index in [0.717, 1.165) is 18.4 Å². The highest BCUT2D eigenvalue weighted by molar-refractivity contribution is 5.28. The standard InChI is InChI=1S/C15H24O/c1-10(2)12-8-13-11(3)6-5-7-15(13,4)9-14(12)16/h12,14,16H,1,5-9H2,2-4H3/t12?,14-,15-/m0/s1. The summed E-state index contributed by atoms with van der Waals surface area (Å²) in [6, 6.07) is 0. The lowest BCUT2D eigenvalue weighted by atomic mass is 9.60. The van der Waals surface area contributed by atoms with Crippen LogP contribution in [0.1, 0.15) is 52.9 Å². The fourth-order valence-corrected chi connectivity index (χ4v) is 3.67. The maximum atomic E-state index is 10.2. The Labute approximate surface area is 99.3 Å². The van der Waals surface area contributed by atoms with Crippen LogP contribution >= 0.6 is 0 Å². The Morgan fingerprint density at radius 2 is 2.19 bits per heavy atom. The van der Waals surface area contributed by atoms with Crippen LogP contribution in [0, 0.1) is 11.3 Å². The van der Waals surface area contributed by atoms with Crippen molar-refractivity contribution >= 4 is 0 Å². The molecule has 1 fully saturated rings. The summed E-state index contributed by atoms with van der Waals surface area (Å²) >= 11 is 0. The Morgan fingerprint density at radius 3 is 2.81 bits per heavy atom. The Balaban J connectivity index is 2.32. The summed E-state index contributed by atoms with van der Waals surface area (Å²) in [5.74, 6) is 0.288. The van der Waals surface area contributed by atoms with Crippen molar-refractivity contribution in [3.63, 3.8) is 0 Å². The average Bonchev–Trinajstić information content (AvgIpc) is 2.15. The van der Waals surface area contributed by atoms with Crippen molar-refractivity contribution in [3.8, 4) is 0 Å². The van der Waals surface area contributed by atoms with Gasteiger partial charge in [-0.15, -0.1) is 0 Å². The zero-order valence-corrected chi connectivity index (χ0v) is 10.8. The van der Waals surface area contributed by atoms with Crippen molar-refractivity contribution in [2.75, 3.05) is 0 Å². The number of allylic oxidation sites excluding steroid dienone is 2. The largest absolute Gasteiger partial charge is 0.392 e. The molecular weight excluding hydrogens is 196 g/mol. The molecule has 0 aliphatic heterocycles. The molecule has 1 nitrogen and oxygen atoms in total. The molecule has 0 heterocycles. The number of hydrogen-bond donors (Lipinski definition) is 1. The molecule has 0 saturated heterocycles. The van der Waals surface area contributed by atoms with Gasteiger partial charge < -0.3 is 5.11 Å². The van der Waals surface area contributed by atoms with Crippen LogP contribution in [0.3, 0.4) is 0 Å². The van der Waals surface area contributed by atoms with E-state index in [-0.39, 0.29) is 17.4 Å². The van der Waals surface area contributed by atoms with Gasteiger partial charge in [0.05, 0.1) is 6.10 Å². The summed E-state index contributed by atoms with van der Waals surface area (Å²) in [6.45, 7) is 10.7. The molecule has 0 spiro atoms. The molecule has 2 aliphatic carbocycles. The van der Waals surface area contributed by atoms with Crippen LogP contribution in [0.4, 0.5) is 0 Å². The van der Waals surface area contributed by atoms with Crippen LogP contribution < -0.4 is 0 Å². The summed E-state index contributed by atoms with van der Waals surface area (Å²) in [7, 11) is 0. The van der Waals surface area contributed by atoms with Crippen LogP contribution in [0.25, 0.3) is 0 Å². The lowest BCUT2D eigenvalue weighted by Gasteiger charge is -2.46. The van der Waals surface area contributed by atoms with Crippen molar-refractivity contribution in [1.82, 2.24) is 0 Å². The first-order valence-corrected chi connectivity index (χ1v) is 6.46. The Morgan fingerprint density at radius 1 is 1.50 bits per heavy atom. The van der Waals surface area contributed by atoms with Crippen molar-refractivity contribution in [2.45, 2.75) is 59.0 Å². The van der Waals surface area contributed by atoms with Gasteiger partial charge >= 0.3 is 0 Å². The third-order valence-corrected chi connectivity index (χ3v) is 4.71. The van der Waals surface area contributed by atoms with Crippen LogP contribution in [0.15, 0.2) is 23.3 Å². The number of rotatable bonds is 1. The van der Waals surface area contributed by atoms with Crippen LogP contribution in [0.5, 0.6) is 0 Å². The molecule has 1 N–H and O–H groups in total. The second-order valence-corrected chi connectivity index (χ2v) is 6.10. The van der Waals surface area contributed by atoms with E-state index in [1.165, 1.54) is 19.3 Å². The van der Waals surface area contributed by atoms with Gasteiger partial charge in [-0.25, -0.2) is 0 Å². The smallest absolute Gasteiger partial charge is 0.0616 e. The maximum absolute atomic E-state index is 10.2. The molecule has 3 atom stereocenters. The predicted octanol–water partition coefficient (Wildman–Crippen LogP) is 3.84. The third kappa shape index (κ3) is 1.86. The summed E-state index contributed by atoms with van der Waals surface area (Å²) < 4.78 is 0. The molecule has 0 radical (unpaired) electrons. The molecule has 1 heteroatoms. The van der Waals surface area contributed by atoms with E-state index in [2.05, 4.69) is 27.4 Å². The summed E-state index contributed by atoms with van der Waals surface area (Å²) in [6.07, 6.45) is 5.58.